The Morgan fingerprint density at radius 2 is 1.95 bits per heavy atom. The van der Waals surface area contributed by atoms with Crippen molar-refractivity contribution in [2.24, 2.45) is 11.7 Å². The lowest BCUT2D eigenvalue weighted by Crippen LogP contribution is -2.44. The SMILES string of the molecule is Cc1cn2cc(C(=O)NCC(O)(c3cc4c(c(-c5ccc(F)cc5)n3)OC[C@]4(C)C(N)=O)C3CC3)ccc2n1. The summed E-state index contributed by atoms with van der Waals surface area (Å²) >= 11 is 0. The van der Waals surface area contributed by atoms with Crippen LogP contribution in [0.2, 0.25) is 0 Å². The number of halogens is 1. The van der Waals surface area contributed by atoms with Gasteiger partial charge in [-0.2, -0.15) is 0 Å². The summed E-state index contributed by atoms with van der Waals surface area (Å²) in [5.74, 6) is -1.11. The van der Waals surface area contributed by atoms with Crippen LogP contribution in [0.15, 0.2) is 54.9 Å². The highest BCUT2D eigenvalue weighted by Crippen LogP contribution is 2.49. The first-order valence-corrected chi connectivity index (χ1v) is 12.8. The first-order chi connectivity index (χ1) is 18.6. The molecule has 1 fully saturated rings. The van der Waals surface area contributed by atoms with Crippen LogP contribution >= 0.6 is 0 Å². The van der Waals surface area contributed by atoms with Crippen LogP contribution in [0.4, 0.5) is 4.39 Å². The fourth-order valence-electron chi connectivity index (χ4n) is 5.19. The molecule has 2 amide bonds. The summed E-state index contributed by atoms with van der Waals surface area (Å²) in [7, 11) is 0. The number of nitrogens with one attached hydrogen (secondary N) is 1. The molecule has 1 saturated carbocycles. The summed E-state index contributed by atoms with van der Waals surface area (Å²) in [4.78, 5) is 34.8. The third kappa shape index (κ3) is 4.21. The van der Waals surface area contributed by atoms with Gasteiger partial charge in [-0.15, -0.1) is 0 Å². The van der Waals surface area contributed by atoms with Crippen LogP contribution in [-0.2, 0) is 15.8 Å². The number of fused-ring (bicyclic) bond motifs is 2. The zero-order valence-electron chi connectivity index (χ0n) is 21.6. The molecular weight excluding hydrogens is 501 g/mol. The van der Waals surface area contributed by atoms with Gasteiger partial charge in [-0.25, -0.2) is 14.4 Å². The van der Waals surface area contributed by atoms with Crippen molar-refractivity contribution in [3.05, 3.63) is 83.2 Å². The molecule has 1 aliphatic heterocycles. The van der Waals surface area contributed by atoms with Gasteiger partial charge < -0.3 is 25.3 Å². The van der Waals surface area contributed by atoms with Gasteiger partial charge in [-0.1, -0.05) is 0 Å². The van der Waals surface area contributed by atoms with Gasteiger partial charge in [0.05, 0.1) is 23.5 Å². The van der Waals surface area contributed by atoms with E-state index in [2.05, 4.69) is 10.3 Å². The zero-order valence-corrected chi connectivity index (χ0v) is 21.6. The summed E-state index contributed by atoms with van der Waals surface area (Å²) in [6.45, 7) is 3.48. The quantitative estimate of drug-likeness (QED) is 0.337. The number of pyridine rings is 2. The number of carbonyl (C=O) groups is 2. The maximum absolute atomic E-state index is 13.7. The Morgan fingerprint density at radius 1 is 1.21 bits per heavy atom. The molecule has 200 valence electrons. The van der Waals surface area contributed by atoms with Crippen molar-refractivity contribution in [1.29, 1.82) is 0 Å². The van der Waals surface area contributed by atoms with Crippen LogP contribution in [0, 0.1) is 18.7 Å². The third-order valence-corrected chi connectivity index (χ3v) is 7.78. The highest BCUT2D eigenvalue weighted by Gasteiger charge is 2.50. The molecule has 4 aromatic rings. The maximum atomic E-state index is 13.7. The van der Waals surface area contributed by atoms with Crippen LogP contribution in [0.1, 0.15) is 47.1 Å². The van der Waals surface area contributed by atoms with E-state index in [1.807, 2.05) is 13.1 Å². The minimum absolute atomic E-state index is 0.0196. The predicted molar refractivity (Wildman–Crippen MR) is 141 cm³/mol. The number of imidazole rings is 1. The monoisotopic (exact) mass is 529 g/mol. The Kier molecular flexibility index (Phi) is 5.69. The normalized spacial score (nSPS) is 19.8. The molecule has 4 N–H and O–H groups in total. The summed E-state index contributed by atoms with van der Waals surface area (Å²) in [5.41, 5.74) is 6.83. The van der Waals surface area contributed by atoms with E-state index in [1.165, 1.54) is 12.1 Å². The van der Waals surface area contributed by atoms with Crippen molar-refractivity contribution in [2.75, 3.05) is 13.2 Å². The Labute approximate surface area is 223 Å². The maximum Gasteiger partial charge on any atom is 0.252 e. The minimum Gasteiger partial charge on any atom is -0.489 e. The second-order valence-corrected chi connectivity index (χ2v) is 10.7. The highest BCUT2D eigenvalue weighted by molar-refractivity contribution is 5.94. The predicted octanol–water partition coefficient (Wildman–Crippen LogP) is 3.01. The number of benzene rings is 1. The summed E-state index contributed by atoms with van der Waals surface area (Å²) in [6.07, 6.45) is 5.02. The molecule has 3 aromatic heterocycles. The number of hydrogen-bond donors (Lipinski definition) is 3. The van der Waals surface area contributed by atoms with Gasteiger partial charge in [0, 0.05) is 23.5 Å². The van der Waals surface area contributed by atoms with E-state index in [0.717, 1.165) is 24.2 Å². The van der Waals surface area contributed by atoms with Crippen LogP contribution < -0.4 is 15.8 Å². The first-order valence-electron chi connectivity index (χ1n) is 12.8. The summed E-state index contributed by atoms with van der Waals surface area (Å²) in [6, 6.07) is 10.9. The van der Waals surface area contributed by atoms with Gasteiger partial charge >= 0.3 is 0 Å². The molecule has 1 aliphatic carbocycles. The standard InChI is InChI=1S/C29H28FN5O4/c1-16-12-35-13-18(5-10-23(35)33-16)26(36)32-14-29(38,19-6-7-19)22-11-21-25(39-15-28(21,2)27(31)37)24(34-22)17-3-8-20(30)9-4-17/h3-5,8-13,19,38H,6-7,14-15H2,1-2H3,(H2,31,37)(H,32,36)/t28-,29?/m0/s1. The average molecular weight is 530 g/mol. The van der Waals surface area contributed by atoms with Gasteiger partial charge in [0.15, 0.2) is 0 Å². The van der Waals surface area contributed by atoms with Crippen molar-refractivity contribution in [2.45, 2.75) is 37.7 Å². The lowest BCUT2D eigenvalue weighted by Gasteiger charge is -2.30. The molecule has 0 bridgehead atoms. The van der Waals surface area contributed by atoms with E-state index in [-0.39, 0.29) is 25.0 Å². The van der Waals surface area contributed by atoms with Crippen LogP contribution in [0.3, 0.4) is 0 Å². The van der Waals surface area contributed by atoms with Gasteiger partial charge in [-0.05, 0) is 75.1 Å². The lowest BCUT2D eigenvalue weighted by atomic mass is 9.81. The number of ether oxygens (including phenoxy) is 1. The fraction of sp³-hybridized carbons (Fsp3) is 0.310. The lowest BCUT2D eigenvalue weighted by molar-refractivity contribution is -0.123. The molecule has 39 heavy (non-hydrogen) atoms. The number of nitrogens with two attached hydrogens (primary N) is 1. The Bertz CT molecular complexity index is 1630. The molecule has 6 rings (SSSR count). The molecule has 0 saturated heterocycles. The fourth-order valence-corrected chi connectivity index (χ4v) is 5.19. The van der Waals surface area contributed by atoms with Crippen LogP contribution in [-0.4, -0.2) is 44.4 Å². The van der Waals surface area contributed by atoms with E-state index in [9.17, 15) is 19.1 Å². The molecule has 0 radical (unpaired) electrons. The van der Waals surface area contributed by atoms with Crippen molar-refractivity contribution in [3.63, 3.8) is 0 Å². The van der Waals surface area contributed by atoms with Crippen molar-refractivity contribution >= 4 is 17.5 Å². The van der Waals surface area contributed by atoms with Gasteiger partial charge in [0.2, 0.25) is 5.91 Å². The van der Waals surface area contributed by atoms with Crippen molar-refractivity contribution < 1.29 is 23.8 Å². The Balaban J connectivity index is 1.39. The van der Waals surface area contributed by atoms with Crippen LogP contribution in [0.25, 0.3) is 16.9 Å². The number of primary amides is 1. The van der Waals surface area contributed by atoms with E-state index in [1.54, 1.807) is 47.9 Å². The molecular formula is C29H28FN5O4. The van der Waals surface area contributed by atoms with Crippen molar-refractivity contribution in [1.82, 2.24) is 19.7 Å². The molecule has 2 aliphatic rings. The van der Waals surface area contributed by atoms with Gasteiger partial charge in [-0.3, -0.25) is 9.59 Å². The first kappa shape index (κ1) is 25.0. The molecule has 2 atom stereocenters. The molecule has 1 aromatic carbocycles. The van der Waals surface area contributed by atoms with Crippen LogP contribution in [0.5, 0.6) is 5.75 Å². The number of hydrogen-bond acceptors (Lipinski definition) is 6. The largest absolute Gasteiger partial charge is 0.489 e. The topological polar surface area (TPSA) is 132 Å². The van der Waals surface area contributed by atoms with Gasteiger partial charge in [0.1, 0.15) is 40.5 Å². The minimum atomic E-state index is -1.52. The van der Waals surface area contributed by atoms with E-state index >= 15 is 0 Å². The number of carbonyl (C=O) groups excluding carboxylic acids is 2. The average Bonchev–Trinajstić information content (AvgIpc) is 3.63. The third-order valence-electron chi connectivity index (χ3n) is 7.78. The molecule has 1 unspecified atom stereocenters. The number of nitrogens with zero attached hydrogens (tertiary/aromatic N) is 3. The summed E-state index contributed by atoms with van der Waals surface area (Å²) in [5, 5.41) is 14.9. The number of rotatable bonds is 7. The number of aryl methyl sites for hydroxylation is 1. The highest BCUT2D eigenvalue weighted by atomic mass is 19.1. The van der Waals surface area contributed by atoms with Crippen molar-refractivity contribution in [3.8, 4) is 17.0 Å². The zero-order chi connectivity index (χ0) is 27.5. The molecule has 10 heteroatoms. The van der Waals surface area contributed by atoms with E-state index in [0.29, 0.717) is 33.8 Å². The molecule has 9 nitrogen and oxygen atoms in total. The second kappa shape index (κ2) is 8.88. The number of aliphatic hydroxyl groups is 1. The second-order valence-electron chi connectivity index (χ2n) is 10.7. The van der Waals surface area contributed by atoms with E-state index < -0.39 is 22.7 Å². The summed E-state index contributed by atoms with van der Waals surface area (Å²) < 4.78 is 21.4. The smallest absolute Gasteiger partial charge is 0.252 e. The Hall–Kier alpha value is -4.31. The van der Waals surface area contributed by atoms with Gasteiger partial charge in [0.25, 0.3) is 5.91 Å². The number of aromatic nitrogens is 3. The number of amides is 2. The molecule has 0 spiro atoms. The van der Waals surface area contributed by atoms with E-state index in [4.69, 9.17) is 15.5 Å². The Morgan fingerprint density at radius 3 is 2.64 bits per heavy atom. The molecule has 4 heterocycles.